The summed E-state index contributed by atoms with van der Waals surface area (Å²) in [6.07, 6.45) is 0.752. The average Bonchev–Trinajstić information content (AvgIpc) is 2.93. The molecule has 6 heteroatoms. The van der Waals surface area contributed by atoms with E-state index in [4.69, 9.17) is 0 Å². The number of alkyl halides is 3. The van der Waals surface area contributed by atoms with Gasteiger partial charge in [-0.25, -0.2) is 0 Å². The number of carboxylic acid groups (broad SMARTS) is 1. The Morgan fingerprint density at radius 1 is 1.24 bits per heavy atom. The Bertz CT molecular complexity index is 614. The number of aliphatic carboxylic acids is 1. The second-order valence-corrected chi connectivity index (χ2v) is 7.42. The molecule has 1 aromatic carbocycles. The SMILES string of the molecule is CC(CN1C(C(=O)O)CC2CCCCC21)c1ccc(C(F)(F)F)cc1. The molecule has 1 N–H and O–H groups in total. The Hall–Kier alpha value is -1.56. The summed E-state index contributed by atoms with van der Waals surface area (Å²) in [5.41, 5.74) is 0.164. The normalized spacial score (nSPS) is 28.6. The van der Waals surface area contributed by atoms with Gasteiger partial charge in [0.2, 0.25) is 0 Å². The maximum atomic E-state index is 12.7. The van der Waals surface area contributed by atoms with E-state index in [-0.39, 0.29) is 5.92 Å². The smallest absolute Gasteiger partial charge is 0.416 e. The number of carboxylic acids is 1. The van der Waals surface area contributed by atoms with Crippen LogP contribution in [0.15, 0.2) is 24.3 Å². The molecule has 1 heterocycles. The van der Waals surface area contributed by atoms with Gasteiger partial charge in [0.15, 0.2) is 0 Å². The number of likely N-dealkylation sites (tertiary alicyclic amines) is 1. The van der Waals surface area contributed by atoms with Gasteiger partial charge in [-0.1, -0.05) is 31.9 Å². The summed E-state index contributed by atoms with van der Waals surface area (Å²) in [4.78, 5) is 13.8. The number of halogens is 3. The molecule has 1 saturated heterocycles. The fourth-order valence-electron chi connectivity index (χ4n) is 4.48. The molecule has 1 aromatic rings. The van der Waals surface area contributed by atoms with Crippen molar-refractivity contribution in [1.29, 1.82) is 0 Å². The number of benzene rings is 1. The van der Waals surface area contributed by atoms with Crippen molar-refractivity contribution in [2.45, 2.75) is 63.2 Å². The number of nitrogens with zero attached hydrogens (tertiary/aromatic N) is 1. The first-order valence-corrected chi connectivity index (χ1v) is 8.93. The highest BCUT2D eigenvalue weighted by Gasteiger charge is 2.45. The zero-order chi connectivity index (χ0) is 18.2. The second-order valence-electron chi connectivity index (χ2n) is 7.42. The molecule has 4 unspecified atom stereocenters. The molecular formula is C19H24F3NO2. The van der Waals surface area contributed by atoms with E-state index in [0.717, 1.165) is 43.4 Å². The van der Waals surface area contributed by atoms with Gasteiger partial charge in [-0.3, -0.25) is 9.69 Å². The van der Waals surface area contributed by atoms with Crippen molar-refractivity contribution < 1.29 is 23.1 Å². The minimum atomic E-state index is -4.33. The molecule has 3 rings (SSSR count). The Morgan fingerprint density at radius 2 is 1.88 bits per heavy atom. The van der Waals surface area contributed by atoms with Crippen LogP contribution in [0.25, 0.3) is 0 Å². The molecule has 0 spiro atoms. The monoisotopic (exact) mass is 355 g/mol. The Balaban J connectivity index is 1.74. The summed E-state index contributed by atoms with van der Waals surface area (Å²) < 4.78 is 38.1. The van der Waals surface area contributed by atoms with E-state index in [1.165, 1.54) is 12.1 Å². The first-order chi connectivity index (χ1) is 11.8. The van der Waals surface area contributed by atoms with E-state index in [9.17, 15) is 23.1 Å². The standard InChI is InChI=1S/C19H24F3NO2/c1-12(13-6-8-15(9-7-13)19(20,21)22)11-23-16-5-3-2-4-14(16)10-17(23)18(24)25/h6-9,12,14,16-17H,2-5,10-11H2,1H3,(H,24,25). The van der Waals surface area contributed by atoms with Crippen LogP contribution in [0.4, 0.5) is 13.2 Å². The summed E-state index contributed by atoms with van der Waals surface area (Å²) in [6.45, 7) is 2.53. The Morgan fingerprint density at radius 3 is 2.48 bits per heavy atom. The van der Waals surface area contributed by atoms with Crippen LogP contribution in [0.5, 0.6) is 0 Å². The first-order valence-electron chi connectivity index (χ1n) is 8.93. The predicted octanol–water partition coefficient (Wildman–Crippen LogP) is 4.53. The van der Waals surface area contributed by atoms with Gasteiger partial charge in [-0.05, 0) is 48.8 Å². The fraction of sp³-hybridized carbons (Fsp3) is 0.632. The van der Waals surface area contributed by atoms with Crippen molar-refractivity contribution in [2.75, 3.05) is 6.54 Å². The van der Waals surface area contributed by atoms with Crippen LogP contribution in [0.2, 0.25) is 0 Å². The van der Waals surface area contributed by atoms with E-state index in [1.54, 1.807) is 0 Å². The topological polar surface area (TPSA) is 40.5 Å². The van der Waals surface area contributed by atoms with Crippen LogP contribution in [-0.4, -0.2) is 34.6 Å². The quantitative estimate of drug-likeness (QED) is 0.863. The highest BCUT2D eigenvalue weighted by molar-refractivity contribution is 5.74. The molecule has 0 amide bonds. The van der Waals surface area contributed by atoms with Gasteiger partial charge >= 0.3 is 12.1 Å². The van der Waals surface area contributed by atoms with Crippen LogP contribution in [-0.2, 0) is 11.0 Å². The van der Waals surface area contributed by atoms with E-state index >= 15 is 0 Å². The molecule has 3 nitrogen and oxygen atoms in total. The van der Waals surface area contributed by atoms with Crippen molar-refractivity contribution >= 4 is 5.97 Å². The Labute approximate surface area is 145 Å². The van der Waals surface area contributed by atoms with Crippen molar-refractivity contribution in [3.05, 3.63) is 35.4 Å². The zero-order valence-corrected chi connectivity index (χ0v) is 14.3. The van der Waals surface area contributed by atoms with Gasteiger partial charge in [0, 0.05) is 12.6 Å². The van der Waals surface area contributed by atoms with E-state index in [1.807, 2.05) is 6.92 Å². The average molecular weight is 355 g/mol. The number of hydrogen-bond acceptors (Lipinski definition) is 2. The summed E-state index contributed by atoms with van der Waals surface area (Å²) >= 11 is 0. The van der Waals surface area contributed by atoms with Gasteiger partial charge in [-0.2, -0.15) is 13.2 Å². The maximum Gasteiger partial charge on any atom is 0.416 e. The van der Waals surface area contributed by atoms with Crippen LogP contribution >= 0.6 is 0 Å². The molecule has 1 aliphatic heterocycles. The molecule has 1 saturated carbocycles. The number of rotatable bonds is 4. The molecule has 0 radical (unpaired) electrons. The van der Waals surface area contributed by atoms with Crippen molar-refractivity contribution in [1.82, 2.24) is 4.90 Å². The molecule has 2 fully saturated rings. The molecule has 1 aliphatic carbocycles. The van der Waals surface area contributed by atoms with Gasteiger partial charge in [0.1, 0.15) is 6.04 Å². The molecule has 0 bridgehead atoms. The van der Waals surface area contributed by atoms with Crippen LogP contribution < -0.4 is 0 Å². The van der Waals surface area contributed by atoms with E-state index < -0.39 is 23.8 Å². The lowest BCUT2D eigenvalue weighted by Gasteiger charge is -2.34. The molecular weight excluding hydrogens is 331 g/mol. The lowest BCUT2D eigenvalue weighted by Crippen LogP contribution is -2.44. The first kappa shape index (κ1) is 18.2. The van der Waals surface area contributed by atoms with Crippen LogP contribution in [0, 0.1) is 5.92 Å². The molecule has 0 aromatic heterocycles. The summed E-state index contributed by atoms with van der Waals surface area (Å²) in [6, 6.07) is 5.06. The number of fused-ring (bicyclic) bond motifs is 1. The second kappa shape index (κ2) is 6.98. The minimum absolute atomic E-state index is 0.00943. The lowest BCUT2D eigenvalue weighted by atomic mass is 9.84. The van der Waals surface area contributed by atoms with Crippen molar-refractivity contribution in [3.8, 4) is 0 Å². The molecule has 2 aliphatic rings. The van der Waals surface area contributed by atoms with E-state index in [2.05, 4.69) is 4.90 Å². The lowest BCUT2D eigenvalue weighted by molar-refractivity contribution is -0.142. The largest absolute Gasteiger partial charge is 0.480 e. The predicted molar refractivity (Wildman–Crippen MR) is 88.4 cm³/mol. The van der Waals surface area contributed by atoms with Crippen molar-refractivity contribution in [3.63, 3.8) is 0 Å². The Kier molecular flexibility index (Phi) is 5.09. The number of hydrogen-bond donors (Lipinski definition) is 1. The van der Waals surface area contributed by atoms with Gasteiger partial charge < -0.3 is 5.11 Å². The minimum Gasteiger partial charge on any atom is -0.480 e. The maximum absolute atomic E-state index is 12.7. The molecule has 138 valence electrons. The number of carbonyl (C=O) groups is 1. The molecule has 4 atom stereocenters. The zero-order valence-electron chi connectivity index (χ0n) is 14.3. The third-order valence-electron chi connectivity index (χ3n) is 5.80. The highest BCUT2D eigenvalue weighted by Crippen LogP contribution is 2.41. The third kappa shape index (κ3) is 3.84. The van der Waals surface area contributed by atoms with Crippen LogP contribution in [0.3, 0.4) is 0 Å². The summed E-state index contributed by atoms with van der Waals surface area (Å²) in [5, 5.41) is 9.57. The van der Waals surface area contributed by atoms with Gasteiger partial charge in [0.05, 0.1) is 5.56 Å². The molecule has 25 heavy (non-hydrogen) atoms. The van der Waals surface area contributed by atoms with Crippen molar-refractivity contribution in [2.24, 2.45) is 5.92 Å². The van der Waals surface area contributed by atoms with Crippen LogP contribution in [0.1, 0.15) is 56.1 Å². The fourth-order valence-corrected chi connectivity index (χ4v) is 4.48. The highest BCUT2D eigenvalue weighted by atomic mass is 19.4. The third-order valence-corrected chi connectivity index (χ3v) is 5.80. The van der Waals surface area contributed by atoms with Gasteiger partial charge in [0.25, 0.3) is 0 Å². The summed E-state index contributed by atoms with van der Waals surface area (Å²) in [5.74, 6) is -0.353. The van der Waals surface area contributed by atoms with Gasteiger partial charge in [-0.15, -0.1) is 0 Å². The van der Waals surface area contributed by atoms with E-state index in [0.29, 0.717) is 24.9 Å². The summed E-state index contributed by atoms with van der Waals surface area (Å²) in [7, 11) is 0.